The number of amides is 2. The minimum Gasteiger partial charge on any atom is -0.368 e. The number of nitrogens with one attached hydrogen (secondary N) is 2. The molecule has 0 spiro atoms. The van der Waals surface area contributed by atoms with Crippen molar-refractivity contribution < 1.29 is 9.59 Å². The van der Waals surface area contributed by atoms with E-state index < -0.39 is 11.9 Å². The zero-order valence-corrected chi connectivity index (χ0v) is 12.3. The van der Waals surface area contributed by atoms with Crippen LogP contribution in [0.3, 0.4) is 0 Å². The van der Waals surface area contributed by atoms with Crippen LogP contribution in [0, 0.1) is 0 Å². The van der Waals surface area contributed by atoms with Crippen LogP contribution in [-0.2, 0) is 11.2 Å². The van der Waals surface area contributed by atoms with Gasteiger partial charge in [0.05, 0.1) is 5.56 Å². The molecule has 6 heteroatoms. The largest absolute Gasteiger partial charge is 0.368 e. The highest BCUT2D eigenvalue weighted by Gasteiger charge is 2.20. The maximum atomic E-state index is 12.2. The molecule has 3 aromatic rings. The summed E-state index contributed by atoms with van der Waals surface area (Å²) in [6.07, 6.45) is 5.18. The van der Waals surface area contributed by atoms with Gasteiger partial charge in [-0.05, 0) is 23.8 Å². The van der Waals surface area contributed by atoms with E-state index in [1.807, 2.05) is 30.5 Å². The summed E-state index contributed by atoms with van der Waals surface area (Å²) in [6, 6.07) is 10.3. The number of hydrogen-bond donors (Lipinski definition) is 3. The summed E-state index contributed by atoms with van der Waals surface area (Å²) in [4.78, 5) is 30.9. The third-order valence-corrected chi connectivity index (χ3v) is 3.67. The molecule has 23 heavy (non-hydrogen) atoms. The third-order valence-electron chi connectivity index (χ3n) is 3.67. The molecule has 2 amide bonds. The molecule has 0 fully saturated rings. The average Bonchev–Trinajstić information content (AvgIpc) is 2.98. The fourth-order valence-corrected chi connectivity index (χ4v) is 2.48. The number of nitrogens with zero attached hydrogens (tertiary/aromatic N) is 1. The monoisotopic (exact) mass is 308 g/mol. The molecule has 0 saturated carbocycles. The van der Waals surface area contributed by atoms with E-state index in [1.165, 1.54) is 6.20 Å². The van der Waals surface area contributed by atoms with Crippen molar-refractivity contribution in [3.05, 3.63) is 66.1 Å². The Kier molecular flexibility index (Phi) is 4.05. The topological polar surface area (TPSA) is 101 Å². The molecule has 4 N–H and O–H groups in total. The maximum absolute atomic E-state index is 12.2. The Hall–Kier alpha value is -3.15. The Morgan fingerprint density at radius 2 is 2.04 bits per heavy atom. The molecule has 2 heterocycles. The molecule has 0 aliphatic rings. The van der Waals surface area contributed by atoms with E-state index in [0.29, 0.717) is 12.0 Å². The summed E-state index contributed by atoms with van der Waals surface area (Å²) < 4.78 is 0. The van der Waals surface area contributed by atoms with Gasteiger partial charge in [-0.1, -0.05) is 18.2 Å². The summed E-state index contributed by atoms with van der Waals surface area (Å²) in [5, 5.41) is 3.68. The number of hydrogen-bond acceptors (Lipinski definition) is 3. The molecule has 0 radical (unpaired) electrons. The average molecular weight is 308 g/mol. The minimum absolute atomic E-state index is 0.325. The molecule has 0 aliphatic carbocycles. The number of nitrogens with two attached hydrogens (primary N) is 1. The molecule has 1 atom stereocenters. The second-order valence-electron chi connectivity index (χ2n) is 5.23. The Morgan fingerprint density at radius 3 is 2.78 bits per heavy atom. The molecule has 3 rings (SSSR count). The quantitative estimate of drug-likeness (QED) is 0.664. The standard InChI is InChI=1S/C17H16N4O2/c18-16(22)15(21-17(23)11-4-3-7-19-9-11)8-12-10-20-14-6-2-1-5-13(12)14/h1-7,9-10,15,20H,8H2,(H2,18,22)(H,21,23)/t15-/m0/s1. The molecule has 1 aromatic carbocycles. The number of fused-ring (bicyclic) bond motifs is 1. The van der Waals surface area contributed by atoms with E-state index in [0.717, 1.165) is 16.5 Å². The first-order chi connectivity index (χ1) is 11.1. The Balaban J connectivity index is 1.80. The Labute approximate surface area is 132 Å². The van der Waals surface area contributed by atoms with Gasteiger partial charge in [-0.3, -0.25) is 14.6 Å². The molecule has 2 aromatic heterocycles. The molecule has 0 aliphatic heterocycles. The van der Waals surface area contributed by atoms with Crippen LogP contribution in [0.15, 0.2) is 55.0 Å². The van der Waals surface area contributed by atoms with Crippen LogP contribution in [0.1, 0.15) is 15.9 Å². The van der Waals surface area contributed by atoms with Gasteiger partial charge in [0, 0.05) is 35.9 Å². The fourth-order valence-electron chi connectivity index (χ4n) is 2.48. The van der Waals surface area contributed by atoms with Gasteiger partial charge in [0.15, 0.2) is 0 Å². The van der Waals surface area contributed by atoms with E-state index in [-0.39, 0.29) is 5.91 Å². The van der Waals surface area contributed by atoms with Crippen molar-refractivity contribution in [3.63, 3.8) is 0 Å². The second-order valence-corrected chi connectivity index (χ2v) is 5.23. The summed E-state index contributed by atoms with van der Waals surface area (Å²) >= 11 is 0. The van der Waals surface area contributed by atoms with E-state index in [1.54, 1.807) is 18.3 Å². The highest BCUT2D eigenvalue weighted by atomic mass is 16.2. The summed E-state index contributed by atoms with van der Waals surface area (Å²) in [5.41, 5.74) is 7.73. The van der Waals surface area contributed by atoms with E-state index >= 15 is 0 Å². The molecular weight excluding hydrogens is 292 g/mol. The SMILES string of the molecule is NC(=O)[C@H](Cc1c[nH]c2ccccc12)NC(=O)c1cccnc1. The first-order valence-corrected chi connectivity index (χ1v) is 7.20. The number of para-hydroxylation sites is 1. The number of rotatable bonds is 5. The highest BCUT2D eigenvalue weighted by Crippen LogP contribution is 2.19. The second kappa shape index (κ2) is 6.31. The maximum Gasteiger partial charge on any atom is 0.253 e. The van der Waals surface area contributed by atoms with Gasteiger partial charge >= 0.3 is 0 Å². The van der Waals surface area contributed by atoms with E-state index in [9.17, 15) is 9.59 Å². The molecule has 6 nitrogen and oxygen atoms in total. The van der Waals surface area contributed by atoms with E-state index in [4.69, 9.17) is 5.73 Å². The summed E-state index contributed by atoms with van der Waals surface area (Å²) in [6.45, 7) is 0. The van der Waals surface area contributed by atoms with Crippen molar-refractivity contribution in [3.8, 4) is 0 Å². The number of primary amides is 1. The van der Waals surface area contributed by atoms with Gasteiger partial charge in [-0.15, -0.1) is 0 Å². The predicted molar refractivity (Wildman–Crippen MR) is 86.7 cm³/mol. The molecular formula is C17H16N4O2. The molecule has 0 saturated heterocycles. The van der Waals surface area contributed by atoms with Gasteiger partial charge < -0.3 is 16.0 Å². The summed E-state index contributed by atoms with van der Waals surface area (Å²) in [5.74, 6) is -0.950. The van der Waals surface area contributed by atoms with Crippen molar-refractivity contribution >= 4 is 22.7 Å². The first kappa shape index (κ1) is 14.8. The number of aromatic nitrogens is 2. The zero-order chi connectivity index (χ0) is 16.2. The summed E-state index contributed by atoms with van der Waals surface area (Å²) in [7, 11) is 0. The number of benzene rings is 1. The number of H-pyrrole nitrogens is 1. The van der Waals surface area contributed by atoms with Crippen LogP contribution >= 0.6 is 0 Å². The lowest BCUT2D eigenvalue weighted by molar-refractivity contribution is -0.119. The van der Waals surface area contributed by atoms with Crippen molar-refractivity contribution in [1.82, 2.24) is 15.3 Å². The number of carbonyl (C=O) groups is 2. The number of aromatic amines is 1. The predicted octanol–water partition coefficient (Wildman–Crippen LogP) is 1.39. The smallest absolute Gasteiger partial charge is 0.253 e. The Bertz CT molecular complexity index is 842. The molecule has 0 unspecified atom stereocenters. The minimum atomic E-state index is -0.790. The zero-order valence-electron chi connectivity index (χ0n) is 12.3. The van der Waals surface area contributed by atoms with Crippen LogP contribution in [0.2, 0.25) is 0 Å². The van der Waals surface area contributed by atoms with Crippen LogP contribution in [0.5, 0.6) is 0 Å². The van der Waals surface area contributed by atoms with Crippen molar-refractivity contribution in [2.45, 2.75) is 12.5 Å². The van der Waals surface area contributed by atoms with Crippen molar-refractivity contribution in [1.29, 1.82) is 0 Å². The van der Waals surface area contributed by atoms with Gasteiger partial charge in [0.2, 0.25) is 5.91 Å². The lowest BCUT2D eigenvalue weighted by Gasteiger charge is -2.15. The van der Waals surface area contributed by atoms with Crippen LogP contribution in [0.25, 0.3) is 10.9 Å². The lowest BCUT2D eigenvalue weighted by Crippen LogP contribution is -2.45. The molecule has 116 valence electrons. The van der Waals surface area contributed by atoms with Crippen LogP contribution < -0.4 is 11.1 Å². The van der Waals surface area contributed by atoms with E-state index in [2.05, 4.69) is 15.3 Å². The fraction of sp³-hybridized carbons (Fsp3) is 0.118. The van der Waals surface area contributed by atoms with Gasteiger partial charge in [0.1, 0.15) is 6.04 Å². The van der Waals surface area contributed by atoms with Crippen LogP contribution in [-0.4, -0.2) is 27.8 Å². The Morgan fingerprint density at radius 1 is 1.22 bits per heavy atom. The lowest BCUT2D eigenvalue weighted by atomic mass is 10.0. The first-order valence-electron chi connectivity index (χ1n) is 7.20. The van der Waals surface area contributed by atoms with Gasteiger partial charge in [0.25, 0.3) is 5.91 Å². The van der Waals surface area contributed by atoms with Gasteiger partial charge in [-0.2, -0.15) is 0 Å². The third kappa shape index (κ3) is 3.21. The number of pyridine rings is 1. The molecule has 0 bridgehead atoms. The number of carbonyl (C=O) groups excluding carboxylic acids is 2. The van der Waals surface area contributed by atoms with Crippen molar-refractivity contribution in [2.24, 2.45) is 5.73 Å². The highest BCUT2D eigenvalue weighted by molar-refractivity contribution is 5.97. The normalized spacial score (nSPS) is 12.0. The van der Waals surface area contributed by atoms with Crippen LogP contribution in [0.4, 0.5) is 0 Å². The van der Waals surface area contributed by atoms with Gasteiger partial charge in [-0.25, -0.2) is 0 Å². The van der Waals surface area contributed by atoms with Crippen molar-refractivity contribution in [2.75, 3.05) is 0 Å².